The van der Waals surface area contributed by atoms with Crippen molar-refractivity contribution >= 4 is 5.78 Å². The number of nitrogens with two attached hydrogens (primary N) is 1. The second-order valence-electron chi connectivity index (χ2n) is 4.78. The Balaban J connectivity index is 3.14. The Bertz CT molecular complexity index is 181. The third-order valence-electron chi connectivity index (χ3n) is 2.82. The lowest BCUT2D eigenvalue weighted by Gasteiger charge is -2.06. The summed E-state index contributed by atoms with van der Waals surface area (Å²) in [7, 11) is 0. The SMILES string of the molecule is CCCCCCCCCCC(=O)COC(C)N. The highest BCUT2D eigenvalue weighted by molar-refractivity contribution is 5.79. The van der Waals surface area contributed by atoms with Crippen molar-refractivity contribution in [3.05, 3.63) is 0 Å². The van der Waals surface area contributed by atoms with Gasteiger partial charge in [-0.1, -0.05) is 51.9 Å². The van der Waals surface area contributed by atoms with Crippen molar-refractivity contribution in [1.82, 2.24) is 0 Å². The number of carbonyl (C=O) groups is 1. The number of ether oxygens (including phenoxy) is 1. The summed E-state index contributed by atoms with van der Waals surface area (Å²) in [6, 6.07) is 0. The van der Waals surface area contributed by atoms with Gasteiger partial charge in [0.1, 0.15) is 12.8 Å². The second-order valence-corrected chi connectivity index (χ2v) is 4.78. The molecule has 0 radical (unpaired) electrons. The van der Waals surface area contributed by atoms with Crippen molar-refractivity contribution in [2.45, 2.75) is 77.9 Å². The molecule has 0 aromatic rings. The number of unbranched alkanes of at least 4 members (excludes halogenated alkanes) is 7. The van der Waals surface area contributed by atoms with Crippen LogP contribution in [0, 0.1) is 0 Å². The summed E-state index contributed by atoms with van der Waals surface area (Å²) >= 11 is 0. The second kappa shape index (κ2) is 12.1. The fourth-order valence-corrected chi connectivity index (χ4v) is 1.75. The zero-order valence-corrected chi connectivity index (χ0v) is 11.5. The van der Waals surface area contributed by atoms with E-state index in [0.29, 0.717) is 6.42 Å². The first kappa shape index (κ1) is 16.6. The Morgan fingerprint density at radius 2 is 1.59 bits per heavy atom. The van der Waals surface area contributed by atoms with Gasteiger partial charge in [-0.05, 0) is 13.3 Å². The Kier molecular flexibility index (Phi) is 11.8. The van der Waals surface area contributed by atoms with E-state index in [1.54, 1.807) is 6.92 Å². The molecule has 0 saturated heterocycles. The van der Waals surface area contributed by atoms with Gasteiger partial charge in [-0.3, -0.25) is 4.79 Å². The topological polar surface area (TPSA) is 52.3 Å². The molecule has 17 heavy (non-hydrogen) atoms. The fourth-order valence-electron chi connectivity index (χ4n) is 1.75. The van der Waals surface area contributed by atoms with Crippen molar-refractivity contribution in [2.24, 2.45) is 5.73 Å². The number of hydrogen-bond donors (Lipinski definition) is 1. The van der Waals surface area contributed by atoms with Crippen molar-refractivity contribution in [2.75, 3.05) is 6.61 Å². The molecular weight excluding hydrogens is 214 g/mol. The van der Waals surface area contributed by atoms with Crippen molar-refractivity contribution in [3.8, 4) is 0 Å². The Morgan fingerprint density at radius 3 is 2.12 bits per heavy atom. The van der Waals surface area contributed by atoms with Crippen LogP contribution in [0.3, 0.4) is 0 Å². The minimum absolute atomic E-state index is 0.174. The van der Waals surface area contributed by atoms with Gasteiger partial charge in [-0.15, -0.1) is 0 Å². The molecular formula is C14H29NO2. The predicted molar refractivity (Wildman–Crippen MR) is 71.8 cm³/mol. The average Bonchev–Trinajstić information content (AvgIpc) is 2.30. The lowest BCUT2D eigenvalue weighted by molar-refractivity contribution is -0.125. The van der Waals surface area contributed by atoms with Gasteiger partial charge < -0.3 is 10.5 Å². The molecule has 0 amide bonds. The maximum absolute atomic E-state index is 11.3. The van der Waals surface area contributed by atoms with Crippen molar-refractivity contribution in [3.63, 3.8) is 0 Å². The highest BCUT2D eigenvalue weighted by Gasteiger charge is 2.03. The molecule has 2 N–H and O–H groups in total. The minimum atomic E-state index is -0.336. The van der Waals surface area contributed by atoms with Crippen LogP contribution in [0.1, 0.15) is 71.6 Å². The van der Waals surface area contributed by atoms with Crippen LogP contribution >= 0.6 is 0 Å². The molecule has 1 unspecified atom stereocenters. The summed E-state index contributed by atoms with van der Waals surface area (Å²) < 4.78 is 5.05. The number of carbonyl (C=O) groups excluding carboxylic acids is 1. The molecule has 0 aromatic heterocycles. The highest BCUT2D eigenvalue weighted by atomic mass is 16.5. The maximum Gasteiger partial charge on any atom is 0.158 e. The van der Waals surface area contributed by atoms with Crippen molar-refractivity contribution < 1.29 is 9.53 Å². The first-order valence-corrected chi connectivity index (χ1v) is 7.05. The molecule has 0 aliphatic heterocycles. The van der Waals surface area contributed by atoms with E-state index >= 15 is 0 Å². The molecule has 3 nitrogen and oxygen atoms in total. The van der Waals surface area contributed by atoms with Crippen LogP contribution in [0.4, 0.5) is 0 Å². The monoisotopic (exact) mass is 243 g/mol. The quantitative estimate of drug-likeness (QED) is 0.422. The number of ketones is 1. The molecule has 0 rings (SSSR count). The van der Waals surface area contributed by atoms with Crippen molar-refractivity contribution in [1.29, 1.82) is 0 Å². The zero-order valence-electron chi connectivity index (χ0n) is 11.5. The van der Waals surface area contributed by atoms with Crippen LogP contribution in [0.25, 0.3) is 0 Å². The van der Waals surface area contributed by atoms with E-state index in [1.807, 2.05) is 0 Å². The fraction of sp³-hybridized carbons (Fsp3) is 0.929. The molecule has 0 fully saturated rings. The molecule has 0 saturated carbocycles. The number of Topliss-reactive ketones (excluding diaryl/α,β-unsaturated/α-hetero) is 1. The lowest BCUT2D eigenvalue weighted by Crippen LogP contribution is -2.23. The van der Waals surface area contributed by atoms with E-state index in [1.165, 1.54) is 38.5 Å². The zero-order chi connectivity index (χ0) is 12.9. The standard InChI is InChI=1S/C14H29NO2/c1-3-4-5-6-7-8-9-10-11-14(16)12-17-13(2)15/h13H,3-12,15H2,1-2H3. The summed E-state index contributed by atoms with van der Waals surface area (Å²) in [5.41, 5.74) is 5.40. The molecule has 1 atom stereocenters. The molecule has 0 spiro atoms. The summed E-state index contributed by atoms with van der Waals surface area (Å²) in [5.74, 6) is 0.174. The molecule has 102 valence electrons. The van der Waals surface area contributed by atoms with Crippen LogP contribution in [0.15, 0.2) is 0 Å². The van der Waals surface area contributed by atoms with E-state index in [-0.39, 0.29) is 18.6 Å². The normalized spacial score (nSPS) is 12.6. The number of hydrogen-bond acceptors (Lipinski definition) is 3. The van der Waals surface area contributed by atoms with Gasteiger partial charge >= 0.3 is 0 Å². The predicted octanol–water partition coefficient (Wildman–Crippen LogP) is 3.41. The summed E-state index contributed by atoms with van der Waals surface area (Å²) in [5, 5.41) is 0. The van der Waals surface area contributed by atoms with E-state index in [0.717, 1.165) is 12.8 Å². The van der Waals surface area contributed by atoms with Gasteiger partial charge in [0, 0.05) is 6.42 Å². The van der Waals surface area contributed by atoms with Crippen LogP contribution in [-0.4, -0.2) is 18.6 Å². The highest BCUT2D eigenvalue weighted by Crippen LogP contribution is 2.09. The minimum Gasteiger partial charge on any atom is -0.356 e. The van der Waals surface area contributed by atoms with E-state index in [9.17, 15) is 4.79 Å². The molecule has 0 aromatic carbocycles. The third-order valence-corrected chi connectivity index (χ3v) is 2.82. The Morgan fingerprint density at radius 1 is 1.06 bits per heavy atom. The molecule has 0 heterocycles. The molecule has 0 bridgehead atoms. The first-order chi connectivity index (χ1) is 8.16. The van der Waals surface area contributed by atoms with E-state index in [2.05, 4.69) is 6.92 Å². The summed E-state index contributed by atoms with van der Waals surface area (Å²) in [6.07, 6.45) is 10.4. The molecule has 0 aliphatic rings. The first-order valence-electron chi connectivity index (χ1n) is 7.05. The van der Waals surface area contributed by atoms with E-state index in [4.69, 9.17) is 10.5 Å². The maximum atomic E-state index is 11.3. The smallest absolute Gasteiger partial charge is 0.158 e. The van der Waals surface area contributed by atoms with Gasteiger partial charge in [0.05, 0.1) is 0 Å². The van der Waals surface area contributed by atoms with Crippen LogP contribution < -0.4 is 5.73 Å². The molecule has 3 heteroatoms. The average molecular weight is 243 g/mol. The van der Waals surface area contributed by atoms with Crippen LogP contribution in [0.5, 0.6) is 0 Å². The van der Waals surface area contributed by atoms with Gasteiger partial charge in [-0.25, -0.2) is 0 Å². The van der Waals surface area contributed by atoms with Gasteiger partial charge in [0.2, 0.25) is 0 Å². The van der Waals surface area contributed by atoms with Gasteiger partial charge in [0.25, 0.3) is 0 Å². The Hall–Kier alpha value is -0.410. The van der Waals surface area contributed by atoms with Crippen LogP contribution in [0.2, 0.25) is 0 Å². The third kappa shape index (κ3) is 13.5. The van der Waals surface area contributed by atoms with Crippen LogP contribution in [-0.2, 0) is 9.53 Å². The Labute approximate surface area is 106 Å². The largest absolute Gasteiger partial charge is 0.356 e. The summed E-state index contributed by atoms with van der Waals surface area (Å²) in [6.45, 7) is 4.15. The summed E-state index contributed by atoms with van der Waals surface area (Å²) in [4.78, 5) is 11.3. The molecule has 0 aliphatic carbocycles. The van der Waals surface area contributed by atoms with Gasteiger partial charge in [-0.2, -0.15) is 0 Å². The van der Waals surface area contributed by atoms with Gasteiger partial charge in [0.15, 0.2) is 5.78 Å². The lowest BCUT2D eigenvalue weighted by atomic mass is 10.1. The number of rotatable bonds is 12. The van der Waals surface area contributed by atoms with E-state index < -0.39 is 0 Å².